The molecule has 1 amide bonds. The highest BCUT2D eigenvalue weighted by molar-refractivity contribution is 7.89. The van der Waals surface area contributed by atoms with Crippen LogP contribution >= 0.6 is 12.4 Å². The Hall–Kier alpha value is -1.15. The number of sulfonamides is 1. The molecule has 0 spiro atoms. The van der Waals surface area contributed by atoms with Gasteiger partial charge in [-0.15, -0.1) is 12.4 Å². The van der Waals surface area contributed by atoms with E-state index in [9.17, 15) is 13.2 Å². The van der Waals surface area contributed by atoms with Gasteiger partial charge < -0.3 is 10.6 Å². The Bertz CT molecular complexity index is 664. The Morgan fingerprint density at radius 3 is 2.46 bits per heavy atom. The number of carbonyl (C=O) groups excluding carboxylic acids is 1. The molecule has 1 aliphatic heterocycles. The van der Waals surface area contributed by atoms with Crippen molar-refractivity contribution in [3.05, 3.63) is 35.4 Å². The van der Waals surface area contributed by atoms with Gasteiger partial charge in [0, 0.05) is 25.2 Å². The minimum Gasteiger partial charge on any atom is -0.338 e. The van der Waals surface area contributed by atoms with Gasteiger partial charge in [0.1, 0.15) is 0 Å². The summed E-state index contributed by atoms with van der Waals surface area (Å²) in [7, 11) is -3.21. The van der Waals surface area contributed by atoms with Crippen LogP contribution in [0.1, 0.15) is 36.2 Å². The van der Waals surface area contributed by atoms with Crippen molar-refractivity contribution in [2.75, 3.05) is 25.4 Å². The monoisotopic (exact) mass is 375 g/mol. The zero-order valence-corrected chi connectivity index (χ0v) is 15.8. The summed E-state index contributed by atoms with van der Waals surface area (Å²) in [6, 6.07) is 7.05. The molecule has 1 aromatic carbocycles. The van der Waals surface area contributed by atoms with Crippen LogP contribution in [0.5, 0.6) is 0 Å². The van der Waals surface area contributed by atoms with Gasteiger partial charge in [-0.2, -0.15) is 0 Å². The summed E-state index contributed by atoms with van der Waals surface area (Å²) in [5, 5.41) is 0. The van der Waals surface area contributed by atoms with E-state index in [2.05, 4.69) is 11.6 Å². The third-order valence-electron chi connectivity index (χ3n) is 4.42. The molecule has 0 saturated carbocycles. The molecule has 0 radical (unpaired) electrons. The van der Waals surface area contributed by atoms with Crippen LogP contribution in [-0.4, -0.2) is 44.6 Å². The summed E-state index contributed by atoms with van der Waals surface area (Å²) in [5.41, 5.74) is 7.23. The average molecular weight is 376 g/mol. The van der Waals surface area contributed by atoms with Crippen molar-refractivity contribution in [2.45, 2.75) is 26.8 Å². The van der Waals surface area contributed by atoms with Crippen LogP contribution in [0.3, 0.4) is 0 Å². The molecule has 6 nitrogen and oxygen atoms in total. The van der Waals surface area contributed by atoms with Gasteiger partial charge in [-0.25, -0.2) is 13.1 Å². The molecule has 0 bridgehead atoms. The average Bonchev–Trinajstić information content (AvgIpc) is 2.96. The van der Waals surface area contributed by atoms with Crippen molar-refractivity contribution in [1.82, 2.24) is 9.62 Å². The lowest BCUT2D eigenvalue weighted by atomic mass is 9.90. The third-order valence-corrected chi connectivity index (χ3v) is 5.76. The van der Waals surface area contributed by atoms with E-state index < -0.39 is 10.0 Å². The molecule has 8 heteroatoms. The summed E-state index contributed by atoms with van der Waals surface area (Å²) >= 11 is 0. The quantitative estimate of drug-likeness (QED) is 0.785. The van der Waals surface area contributed by atoms with Crippen LogP contribution in [0.25, 0.3) is 0 Å². The number of amides is 1. The first-order valence-electron chi connectivity index (χ1n) is 7.84. The Kier molecular flexibility index (Phi) is 7.22. The van der Waals surface area contributed by atoms with Crippen molar-refractivity contribution in [2.24, 2.45) is 11.1 Å². The Balaban J connectivity index is 0.00000288. The second-order valence-corrected chi connectivity index (χ2v) is 8.51. The van der Waals surface area contributed by atoms with Crippen molar-refractivity contribution in [3.8, 4) is 0 Å². The first-order chi connectivity index (χ1) is 10.8. The Morgan fingerprint density at radius 2 is 1.96 bits per heavy atom. The number of halogens is 1. The molecule has 1 fully saturated rings. The van der Waals surface area contributed by atoms with Gasteiger partial charge in [-0.3, -0.25) is 4.79 Å². The predicted molar refractivity (Wildman–Crippen MR) is 97.7 cm³/mol. The molecule has 2 rings (SSSR count). The van der Waals surface area contributed by atoms with Gasteiger partial charge in [0.2, 0.25) is 10.0 Å². The van der Waals surface area contributed by atoms with E-state index in [1.807, 2.05) is 4.90 Å². The van der Waals surface area contributed by atoms with Crippen molar-refractivity contribution in [1.29, 1.82) is 0 Å². The van der Waals surface area contributed by atoms with Crippen LogP contribution in [0.4, 0.5) is 0 Å². The zero-order valence-electron chi connectivity index (χ0n) is 14.1. The summed E-state index contributed by atoms with van der Waals surface area (Å²) in [6.45, 7) is 5.91. The van der Waals surface area contributed by atoms with E-state index in [-0.39, 0.29) is 36.0 Å². The highest BCUT2D eigenvalue weighted by atomic mass is 35.5. The van der Waals surface area contributed by atoms with Crippen LogP contribution in [0, 0.1) is 5.41 Å². The summed E-state index contributed by atoms with van der Waals surface area (Å²) in [5.74, 6) is 0.0567. The second kappa shape index (κ2) is 8.29. The fourth-order valence-electron chi connectivity index (χ4n) is 2.61. The number of benzene rings is 1. The van der Waals surface area contributed by atoms with Gasteiger partial charge in [0.25, 0.3) is 5.91 Å². The molecule has 1 saturated heterocycles. The Labute approximate surface area is 150 Å². The number of nitrogens with zero attached hydrogens (tertiary/aromatic N) is 1. The van der Waals surface area contributed by atoms with Crippen LogP contribution < -0.4 is 10.5 Å². The number of rotatable bonds is 6. The van der Waals surface area contributed by atoms with E-state index in [0.29, 0.717) is 18.7 Å². The van der Waals surface area contributed by atoms with Gasteiger partial charge in [0.15, 0.2) is 0 Å². The lowest BCUT2D eigenvalue weighted by Crippen LogP contribution is -2.34. The summed E-state index contributed by atoms with van der Waals surface area (Å²) < 4.78 is 25.4. The third kappa shape index (κ3) is 5.17. The molecule has 3 N–H and O–H groups in total. The molecule has 24 heavy (non-hydrogen) atoms. The lowest BCUT2D eigenvalue weighted by molar-refractivity contribution is 0.0777. The van der Waals surface area contributed by atoms with Crippen LogP contribution in [0.2, 0.25) is 0 Å². The second-order valence-electron chi connectivity index (χ2n) is 6.41. The highest BCUT2D eigenvalue weighted by Gasteiger charge is 2.35. The molecule has 1 heterocycles. The van der Waals surface area contributed by atoms with E-state index in [0.717, 1.165) is 18.5 Å². The summed E-state index contributed by atoms with van der Waals surface area (Å²) in [6.07, 6.45) is 0.923. The maximum Gasteiger partial charge on any atom is 0.253 e. The van der Waals surface area contributed by atoms with Gasteiger partial charge in [-0.1, -0.05) is 19.1 Å². The Morgan fingerprint density at radius 1 is 1.33 bits per heavy atom. The van der Waals surface area contributed by atoms with E-state index >= 15 is 0 Å². The van der Waals surface area contributed by atoms with E-state index in [1.54, 1.807) is 31.2 Å². The molecule has 136 valence electrons. The van der Waals surface area contributed by atoms with Crippen molar-refractivity contribution < 1.29 is 13.2 Å². The molecular formula is C16H26ClN3O3S. The minimum atomic E-state index is -3.21. The minimum absolute atomic E-state index is 0. The smallest absolute Gasteiger partial charge is 0.253 e. The normalized spacial score (nSPS) is 20.7. The first kappa shape index (κ1) is 20.9. The van der Waals surface area contributed by atoms with Gasteiger partial charge >= 0.3 is 0 Å². The largest absolute Gasteiger partial charge is 0.338 e. The number of hydrogen-bond acceptors (Lipinski definition) is 4. The van der Waals surface area contributed by atoms with Crippen molar-refractivity contribution in [3.63, 3.8) is 0 Å². The van der Waals surface area contributed by atoms with Crippen LogP contribution in [-0.2, 0) is 16.6 Å². The predicted octanol–water partition coefficient (Wildman–Crippen LogP) is 1.36. The van der Waals surface area contributed by atoms with Crippen LogP contribution in [0.15, 0.2) is 24.3 Å². The van der Waals surface area contributed by atoms with E-state index in [1.165, 1.54) is 0 Å². The highest BCUT2D eigenvalue weighted by Crippen LogP contribution is 2.29. The number of nitrogens with two attached hydrogens (primary N) is 1. The molecular weight excluding hydrogens is 350 g/mol. The molecule has 1 atom stereocenters. The van der Waals surface area contributed by atoms with E-state index in [4.69, 9.17) is 5.73 Å². The molecule has 1 unspecified atom stereocenters. The SMILES string of the molecule is CCS(=O)(=O)NCc1ccc(C(=O)N2CCC(C)(CN)C2)cc1.Cl. The fraction of sp³-hybridized carbons (Fsp3) is 0.562. The zero-order chi connectivity index (χ0) is 17.1. The number of nitrogens with one attached hydrogen (secondary N) is 1. The maximum atomic E-state index is 12.5. The molecule has 1 aromatic rings. The molecule has 1 aliphatic rings. The molecule has 0 aliphatic carbocycles. The number of hydrogen-bond donors (Lipinski definition) is 2. The number of carbonyl (C=O) groups is 1. The first-order valence-corrected chi connectivity index (χ1v) is 9.49. The maximum absolute atomic E-state index is 12.5. The lowest BCUT2D eigenvalue weighted by Gasteiger charge is -2.22. The fourth-order valence-corrected chi connectivity index (χ4v) is 3.20. The summed E-state index contributed by atoms with van der Waals surface area (Å²) in [4.78, 5) is 14.3. The molecule has 0 aromatic heterocycles. The van der Waals surface area contributed by atoms with Gasteiger partial charge in [-0.05, 0) is 43.0 Å². The van der Waals surface area contributed by atoms with Crippen molar-refractivity contribution >= 4 is 28.3 Å². The number of likely N-dealkylation sites (tertiary alicyclic amines) is 1. The van der Waals surface area contributed by atoms with Gasteiger partial charge in [0.05, 0.1) is 5.75 Å². The topological polar surface area (TPSA) is 92.5 Å². The standard InChI is InChI=1S/C16H25N3O3S.ClH/c1-3-23(21,22)18-10-13-4-6-14(7-5-13)15(20)19-9-8-16(2,11-17)12-19;/h4-7,18H,3,8-12,17H2,1-2H3;1H.